The summed E-state index contributed by atoms with van der Waals surface area (Å²) in [5.41, 5.74) is 0.255. The minimum Gasteiger partial charge on any atom is -0.480 e. The van der Waals surface area contributed by atoms with E-state index in [1.807, 2.05) is 19.1 Å². The summed E-state index contributed by atoms with van der Waals surface area (Å²) in [5, 5.41) is 11.4. The lowest BCUT2D eigenvalue weighted by atomic mass is 9.92. The quantitative estimate of drug-likeness (QED) is 0.767. The summed E-state index contributed by atoms with van der Waals surface area (Å²) in [6.45, 7) is 4.69. The molecule has 0 aliphatic rings. The number of aryl methyl sites for hydroxylation is 1. The van der Waals surface area contributed by atoms with Crippen molar-refractivity contribution in [2.24, 2.45) is 5.41 Å². The van der Waals surface area contributed by atoms with Crippen LogP contribution in [-0.4, -0.2) is 17.0 Å². The maximum absolute atomic E-state index is 11.7. The fourth-order valence-electron chi connectivity index (χ4n) is 1.02. The first-order valence-corrected chi connectivity index (χ1v) is 4.95. The van der Waals surface area contributed by atoms with Gasteiger partial charge in [-0.1, -0.05) is 17.7 Å². The molecule has 0 radical (unpaired) electrons. The van der Waals surface area contributed by atoms with E-state index >= 15 is 0 Å². The Morgan fingerprint density at radius 1 is 1.19 bits per heavy atom. The molecule has 0 aliphatic carbocycles. The van der Waals surface area contributed by atoms with Crippen molar-refractivity contribution in [3.8, 4) is 0 Å². The van der Waals surface area contributed by atoms with Crippen molar-refractivity contribution >= 4 is 17.6 Å². The molecule has 2 N–H and O–H groups in total. The van der Waals surface area contributed by atoms with E-state index in [0.29, 0.717) is 5.69 Å². The third kappa shape index (κ3) is 2.59. The van der Waals surface area contributed by atoms with E-state index in [4.69, 9.17) is 5.11 Å². The molecule has 16 heavy (non-hydrogen) atoms. The molecule has 1 amide bonds. The van der Waals surface area contributed by atoms with Crippen LogP contribution in [-0.2, 0) is 9.59 Å². The van der Waals surface area contributed by atoms with Crippen LogP contribution in [0.1, 0.15) is 19.4 Å². The zero-order valence-corrected chi connectivity index (χ0v) is 9.57. The van der Waals surface area contributed by atoms with Gasteiger partial charge in [0, 0.05) is 5.69 Å². The van der Waals surface area contributed by atoms with Crippen LogP contribution < -0.4 is 5.32 Å². The van der Waals surface area contributed by atoms with Crippen LogP contribution in [0.25, 0.3) is 0 Å². The van der Waals surface area contributed by atoms with E-state index in [-0.39, 0.29) is 0 Å². The Morgan fingerprint density at radius 2 is 1.69 bits per heavy atom. The number of aliphatic carboxylic acids is 1. The lowest BCUT2D eigenvalue weighted by molar-refractivity contribution is -0.151. The predicted octanol–water partition coefficient (Wildman–Crippen LogP) is 2.04. The molecule has 1 aromatic carbocycles. The maximum Gasteiger partial charge on any atom is 0.318 e. The number of hydrogen-bond acceptors (Lipinski definition) is 2. The average molecular weight is 221 g/mol. The van der Waals surface area contributed by atoms with Gasteiger partial charge in [0.05, 0.1) is 0 Å². The van der Waals surface area contributed by atoms with Crippen LogP contribution >= 0.6 is 0 Å². The van der Waals surface area contributed by atoms with Gasteiger partial charge in [-0.05, 0) is 32.9 Å². The highest BCUT2D eigenvalue weighted by Gasteiger charge is 2.35. The van der Waals surface area contributed by atoms with E-state index in [1.165, 1.54) is 13.8 Å². The second kappa shape index (κ2) is 4.35. The molecule has 0 spiro atoms. The van der Waals surface area contributed by atoms with Gasteiger partial charge in [-0.2, -0.15) is 0 Å². The van der Waals surface area contributed by atoms with Crippen LogP contribution in [0.4, 0.5) is 5.69 Å². The maximum atomic E-state index is 11.7. The number of rotatable bonds is 3. The minimum absolute atomic E-state index is 0.524. The Bertz CT molecular complexity index is 407. The number of anilines is 1. The van der Waals surface area contributed by atoms with E-state index < -0.39 is 17.3 Å². The number of nitrogens with one attached hydrogen (secondary N) is 1. The summed E-state index contributed by atoms with van der Waals surface area (Å²) < 4.78 is 0. The molecule has 0 heterocycles. The van der Waals surface area contributed by atoms with Crippen molar-refractivity contribution in [3.63, 3.8) is 0 Å². The van der Waals surface area contributed by atoms with Crippen LogP contribution in [0.2, 0.25) is 0 Å². The third-order valence-corrected chi connectivity index (χ3v) is 2.41. The summed E-state index contributed by atoms with van der Waals surface area (Å²) in [4.78, 5) is 22.5. The number of amides is 1. The second-order valence-electron chi connectivity index (χ2n) is 4.25. The molecular weight excluding hydrogens is 206 g/mol. The first-order chi connectivity index (χ1) is 7.34. The van der Waals surface area contributed by atoms with Crippen molar-refractivity contribution < 1.29 is 14.7 Å². The third-order valence-electron chi connectivity index (χ3n) is 2.41. The molecule has 1 rings (SSSR count). The minimum atomic E-state index is -1.43. The van der Waals surface area contributed by atoms with Gasteiger partial charge in [-0.3, -0.25) is 9.59 Å². The molecule has 0 unspecified atom stereocenters. The van der Waals surface area contributed by atoms with Crippen molar-refractivity contribution in [2.45, 2.75) is 20.8 Å². The summed E-state index contributed by atoms with van der Waals surface area (Å²) in [7, 11) is 0. The number of carboxylic acid groups (broad SMARTS) is 1. The summed E-state index contributed by atoms with van der Waals surface area (Å²) in [5.74, 6) is -1.67. The molecule has 0 aliphatic heterocycles. The molecular formula is C12H15NO3. The smallest absolute Gasteiger partial charge is 0.318 e. The Hall–Kier alpha value is -1.84. The van der Waals surface area contributed by atoms with Gasteiger partial charge in [0.1, 0.15) is 5.41 Å². The van der Waals surface area contributed by atoms with Gasteiger partial charge in [0.25, 0.3) is 0 Å². The lowest BCUT2D eigenvalue weighted by Crippen LogP contribution is -2.37. The first-order valence-electron chi connectivity index (χ1n) is 4.95. The van der Waals surface area contributed by atoms with E-state index in [1.54, 1.807) is 12.1 Å². The lowest BCUT2D eigenvalue weighted by Gasteiger charge is -2.18. The predicted molar refractivity (Wildman–Crippen MR) is 61.2 cm³/mol. The van der Waals surface area contributed by atoms with E-state index in [2.05, 4.69) is 5.32 Å². The Balaban J connectivity index is 2.79. The van der Waals surface area contributed by atoms with Crippen LogP contribution in [0.5, 0.6) is 0 Å². The van der Waals surface area contributed by atoms with Gasteiger partial charge >= 0.3 is 5.97 Å². The summed E-state index contributed by atoms with van der Waals surface area (Å²) >= 11 is 0. The van der Waals surface area contributed by atoms with Crippen molar-refractivity contribution in [3.05, 3.63) is 29.8 Å². The van der Waals surface area contributed by atoms with Gasteiger partial charge in [-0.15, -0.1) is 0 Å². The van der Waals surface area contributed by atoms with Crippen molar-refractivity contribution in [1.29, 1.82) is 0 Å². The molecule has 0 aromatic heterocycles. The van der Waals surface area contributed by atoms with E-state index in [9.17, 15) is 9.59 Å². The molecule has 0 saturated heterocycles. The first kappa shape index (κ1) is 12.2. The molecule has 4 nitrogen and oxygen atoms in total. The number of carbonyl (C=O) groups is 2. The van der Waals surface area contributed by atoms with Gasteiger partial charge in [0.15, 0.2) is 0 Å². The number of hydrogen-bond donors (Lipinski definition) is 2. The van der Waals surface area contributed by atoms with Gasteiger partial charge in [-0.25, -0.2) is 0 Å². The van der Waals surface area contributed by atoms with Gasteiger partial charge in [0.2, 0.25) is 5.91 Å². The fraction of sp³-hybridized carbons (Fsp3) is 0.333. The number of carbonyl (C=O) groups excluding carboxylic acids is 1. The molecule has 0 atom stereocenters. The van der Waals surface area contributed by atoms with Crippen LogP contribution in [0.3, 0.4) is 0 Å². The average Bonchev–Trinajstić information content (AvgIpc) is 2.21. The van der Waals surface area contributed by atoms with Gasteiger partial charge < -0.3 is 10.4 Å². The largest absolute Gasteiger partial charge is 0.480 e. The van der Waals surface area contributed by atoms with Crippen LogP contribution in [0.15, 0.2) is 24.3 Å². The highest BCUT2D eigenvalue weighted by atomic mass is 16.4. The molecule has 0 fully saturated rings. The zero-order chi connectivity index (χ0) is 12.3. The summed E-state index contributed by atoms with van der Waals surface area (Å²) in [6.07, 6.45) is 0. The molecule has 0 bridgehead atoms. The molecule has 4 heteroatoms. The Labute approximate surface area is 94.3 Å². The Kier molecular flexibility index (Phi) is 3.32. The summed E-state index contributed by atoms with van der Waals surface area (Å²) in [6, 6.07) is 7.18. The molecule has 0 saturated carbocycles. The standard InChI is InChI=1S/C12H15NO3/c1-8-4-6-9(7-5-8)13-10(14)12(2,3)11(15)16/h4-7H,1-3H3,(H,13,14)(H,15,16). The van der Waals surface area contributed by atoms with Crippen molar-refractivity contribution in [1.82, 2.24) is 0 Å². The highest BCUT2D eigenvalue weighted by molar-refractivity contribution is 6.07. The number of carboxylic acids is 1. The topological polar surface area (TPSA) is 66.4 Å². The SMILES string of the molecule is Cc1ccc(NC(=O)C(C)(C)C(=O)O)cc1. The van der Waals surface area contributed by atoms with Crippen molar-refractivity contribution in [2.75, 3.05) is 5.32 Å². The molecule has 1 aromatic rings. The van der Waals surface area contributed by atoms with E-state index in [0.717, 1.165) is 5.56 Å². The molecule has 86 valence electrons. The normalized spacial score (nSPS) is 10.9. The number of benzene rings is 1. The Morgan fingerprint density at radius 3 is 2.12 bits per heavy atom. The highest BCUT2D eigenvalue weighted by Crippen LogP contribution is 2.19. The zero-order valence-electron chi connectivity index (χ0n) is 9.57. The van der Waals surface area contributed by atoms with Crippen LogP contribution in [0, 0.1) is 12.3 Å². The fourth-order valence-corrected chi connectivity index (χ4v) is 1.02. The monoisotopic (exact) mass is 221 g/mol. The second-order valence-corrected chi connectivity index (χ2v) is 4.25.